The van der Waals surface area contributed by atoms with Crippen molar-refractivity contribution in [3.05, 3.63) is 12.7 Å². The lowest BCUT2D eigenvalue weighted by Crippen LogP contribution is -2.39. The van der Waals surface area contributed by atoms with Crippen molar-refractivity contribution < 1.29 is 9.53 Å². The Morgan fingerprint density at radius 1 is 1.57 bits per heavy atom. The lowest BCUT2D eigenvalue weighted by Gasteiger charge is -2.28. The second-order valence-electron chi connectivity index (χ2n) is 3.89. The number of hydrogen-bond donors (Lipinski definition) is 0. The second kappa shape index (κ2) is 6.60. The molecule has 0 aliphatic rings. The average Bonchev–Trinajstić information content (AvgIpc) is 2.14. The standard InChI is InChI=1S/C11H21NO2/c1-6-11(13)12(4)10(8-14-5)7-9(2)3/h6,9-10H,1,7-8H2,2-5H3. The van der Waals surface area contributed by atoms with Gasteiger partial charge in [-0.05, 0) is 18.4 Å². The van der Waals surface area contributed by atoms with E-state index in [2.05, 4.69) is 20.4 Å². The van der Waals surface area contributed by atoms with Gasteiger partial charge in [-0.25, -0.2) is 0 Å². The summed E-state index contributed by atoms with van der Waals surface area (Å²) in [5.74, 6) is 0.503. The molecule has 0 heterocycles. The van der Waals surface area contributed by atoms with Gasteiger partial charge in [0.2, 0.25) is 5.91 Å². The number of likely N-dealkylation sites (N-methyl/N-ethyl adjacent to an activating group) is 1. The maximum absolute atomic E-state index is 11.4. The first-order valence-corrected chi connectivity index (χ1v) is 4.91. The monoisotopic (exact) mass is 199 g/mol. The Morgan fingerprint density at radius 3 is 2.50 bits per heavy atom. The molecule has 0 bridgehead atoms. The van der Waals surface area contributed by atoms with E-state index in [1.54, 1.807) is 19.1 Å². The summed E-state index contributed by atoms with van der Waals surface area (Å²) < 4.78 is 5.09. The van der Waals surface area contributed by atoms with Gasteiger partial charge >= 0.3 is 0 Å². The summed E-state index contributed by atoms with van der Waals surface area (Å²) in [7, 11) is 3.44. The first-order valence-electron chi connectivity index (χ1n) is 4.91. The molecule has 0 spiro atoms. The molecule has 1 unspecified atom stereocenters. The Labute approximate surface area is 86.7 Å². The van der Waals surface area contributed by atoms with E-state index < -0.39 is 0 Å². The normalized spacial score (nSPS) is 12.6. The number of carbonyl (C=O) groups excluding carboxylic acids is 1. The molecular formula is C11H21NO2. The first-order chi connectivity index (χ1) is 6.52. The second-order valence-corrected chi connectivity index (χ2v) is 3.89. The molecule has 0 radical (unpaired) electrons. The van der Waals surface area contributed by atoms with Gasteiger partial charge in [0, 0.05) is 14.2 Å². The molecular weight excluding hydrogens is 178 g/mol. The minimum Gasteiger partial charge on any atom is -0.383 e. The molecule has 0 aliphatic carbocycles. The van der Waals surface area contributed by atoms with E-state index in [4.69, 9.17) is 4.74 Å². The van der Waals surface area contributed by atoms with Crippen LogP contribution in [-0.2, 0) is 9.53 Å². The molecule has 0 fully saturated rings. The molecule has 0 saturated heterocycles. The lowest BCUT2D eigenvalue weighted by molar-refractivity contribution is -0.128. The fourth-order valence-electron chi connectivity index (χ4n) is 1.40. The highest BCUT2D eigenvalue weighted by molar-refractivity contribution is 5.87. The number of hydrogen-bond acceptors (Lipinski definition) is 2. The summed E-state index contributed by atoms with van der Waals surface area (Å²) in [6.07, 6.45) is 2.28. The number of amides is 1. The van der Waals surface area contributed by atoms with Gasteiger partial charge in [-0.3, -0.25) is 4.79 Å². The Balaban J connectivity index is 4.30. The van der Waals surface area contributed by atoms with Crippen molar-refractivity contribution >= 4 is 5.91 Å². The van der Waals surface area contributed by atoms with Crippen molar-refractivity contribution in [2.75, 3.05) is 20.8 Å². The highest BCUT2D eigenvalue weighted by Gasteiger charge is 2.18. The minimum atomic E-state index is -0.0484. The molecule has 0 aliphatic heterocycles. The first kappa shape index (κ1) is 13.2. The van der Waals surface area contributed by atoms with Crippen molar-refractivity contribution in [2.45, 2.75) is 26.3 Å². The van der Waals surface area contributed by atoms with Crippen LogP contribution in [0.4, 0.5) is 0 Å². The summed E-state index contributed by atoms with van der Waals surface area (Å²) in [6, 6.07) is 0.144. The maximum Gasteiger partial charge on any atom is 0.246 e. The molecule has 0 rings (SSSR count). The van der Waals surface area contributed by atoms with Crippen LogP contribution in [0.3, 0.4) is 0 Å². The summed E-state index contributed by atoms with van der Waals surface area (Å²) in [5, 5.41) is 0. The molecule has 0 N–H and O–H groups in total. The molecule has 14 heavy (non-hydrogen) atoms. The van der Waals surface area contributed by atoms with Crippen molar-refractivity contribution in [3.63, 3.8) is 0 Å². The van der Waals surface area contributed by atoms with Crippen LogP contribution >= 0.6 is 0 Å². The quantitative estimate of drug-likeness (QED) is 0.609. The van der Waals surface area contributed by atoms with E-state index in [-0.39, 0.29) is 11.9 Å². The molecule has 82 valence electrons. The number of carbonyl (C=O) groups is 1. The summed E-state index contributed by atoms with van der Waals surface area (Å²) in [4.78, 5) is 13.1. The van der Waals surface area contributed by atoms with Crippen molar-refractivity contribution in [1.82, 2.24) is 4.90 Å². The van der Waals surface area contributed by atoms with Crippen LogP contribution in [0.5, 0.6) is 0 Å². The lowest BCUT2D eigenvalue weighted by atomic mass is 10.0. The zero-order valence-corrected chi connectivity index (χ0v) is 9.62. The fourth-order valence-corrected chi connectivity index (χ4v) is 1.40. The number of rotatable bonds is 6. The molecule has 3 nitrogen and oxygen atoms in total. The smallest absolute Gasteiger partial charge is 0.246 e. The molecule has 1 atom stereocenters. The van der Waals surface area contributed by atoms with Gasteiger partial charge in [-0.2, -0.15) is 0 Å². The average molecular weight is 199 g/mol. The van der Waals surface area contributed by atoms with Crippen molar-refractivity contribution in [2.24, 2.45) is 5.92 Å². The predicted octanol–water partition coefficient (Wildman–Crippen LogP) is 1.69. The predicted molar refractivity (Wildman–Crippen MR) is 58.1 cm³/mol. The van der Waals surface area contributed by atoms with E-state index >= 15 is 0 Å². The third-order valence-electron chi connectivity index (χ3n) is 2.17. The Hall–Kier alpha value is -0.830. The third-order valence-corrected chi connectivity index (χ3v) is 2.17. The largest absolute Gasteiger partial charge is 0.383 e. The summed E-state index contributed by atoms with van der Waals surface area (Å²) in [6.45, 7) is 8.32. The van der Waals surface area contributed by atoms with E-state index in [9.17, 15) is 4.79 Å². The van der Waals surface area contributed by atoms with Crippen LogP contribution < -0.4 is 0 Å². The van der Waals surface area contributed by atoms with E-state index in [1.807, 2.05) is 0 Å². The molecule has 1 amide bonds. The minimum absolute atomic E-state index is 0.0484. The third kappa shape index (κ3) is 4.42. The van der Waals surface area contributed by atoms with E-state index in [0.717, 1.165) is 6.42 Å². The Morgan fingerprint density at radius 2 is 2.14 bits per heavy atom. The van der Waals surface area contributed by atoms with Crippen LogP contribution in [0, 0.1) is 5.92 Å². The highest BCUT2D eigenvalue weighted by atomic mass is 16.5. The van der Waals surface area contributed by atoms with Crippen LogP contribution in [0.1, 0.15) is 20.3 Å². The Kier molecular flexibility index (Phi) is 6.21. The van der Waals surface area contributed by atoms with Gasteiger partial charge in [0.25, 0.3) is 0 Å². The number of ether oxygens (including phenoxy) is 1. The fraction of sp³-hybridized carbons (Fsp3) is 0.727. The topological polar surface area (TPSA) is 29.5 Å². The molecule has 3 heteroatoms. The summed E-state index contributed by atoms with van der Waals surface area (Å²) >= 11 is 0. The van der Waals surface area contributed by atoms with Gasteiger partial charge in [0.1, 0.15) is 0 Å². The van der Waals surface area contributed by atoms with Gasteiger partial charge < -0.3 is 9.64 Å². The molecule has 0 aromatic rings. The van der Waals surface area contributed by atoms with Crippen LogP contribution in [-0.4, -0.2) is 37.6 Å². The van der Waals surface area contributed by atoms with Crippen LogP contribution in [0.15, 0.2) is 12.7 Å². The zero-order valence-electron chi connectivity index (χ0n) is 9.62. The molecule has 0 saturated carbocycles. The maximum atomic E-state index is 11.4. The molecule has 0 aromatic heterocycles. The van der Waals surface area contributed by atoms with Crippen molar-refractivity contribution in [1.29, 1.82) is 0 Å². The van der Waals surface area contributed by atoms with E-state index in [0.29, 0.717) is 12.5 Å². The van der Waals surface area contributed by atoms with Crippen LogP contribution in [0.25, 0.3) is 0 Å². The Bertz CT molecular complexity index is 190. The zero-order chi connectivity index (χ0) is 11.1. The highest BCUT2D eigenvalue weighted by Crippen LogP contribution is 2.11. The van der Waals surface area contributed by atoms with Crippen molar-refractivity contribution in [3.8, 4) is 0 Å². The summed E-state index contributed by atoms with van der Waals surface area (Å²) in [5.41, 5.74) is 0. The van der Waals surface area contributed by atoms with Gasteiger partial charge in [0.05, 0.1) is 12.6 Å². The number of methoxy groups -OCH3 is 1. The van der Waals surface area contributed by atoms with E-state index in [1.165, 1.54) is 6.08 Å². The SMILES string of the molecule is C=CC(=O)N(C)C(COC)CC(C)C. The van der Waals surface area contributed by atoms with Crippen LogP contribution in [0.2, 0.25) is 0 Å². The van der Waals surface area contributed by atoms with Gasteiger partial charge in [-0.1, -0.05) is 20.4 Å². The van der Waals surface area contributed by atoms with Gasteiger partial charge in [0.15, 0.2) is 0 Å². The molecule has 0 aromatic carbocycles. The van der Waals surface area contributed by atoms with Gasteiger partial charge in [-0.15, -0.1) is 0 Å². The number of nitrogens with zero attached hydrogens (tertiary/aromatic N) is 1.